The van der Waals surface area contributed by atoms with Crippen molar-refractivity contribution >= 4 is 17.7 Å². The largest absolute Gasteiger partial charge is 0.550 e. The van der Waals surface area contributed by atoms with Gasteiger partial charge in [0, 0.05) is 18.4 Å². The minimum absolute atomic E-state index is 0.230. The fraction of sp³-hybridized carbons (Fsp3) is 0.786. The van der Waals surface area contributed by atoms with E-state index in [2.05, 4.69) is 0 Å². The molecule has 0 heterocycles. The zero-order chi connectivity index (χ0) is 18.1. The molecule has 0 fully saturated rings. The van der Waals surface area contributed by atoms with E-state index in [0.29, 0.717) is 15.5 Å². The van der Waals surface area contributed by atoms with Crippen LogP contribution in [0.5, 0.6) is 0 Å². The van der Waals surface area contributed by atoms with Gasteiger partial charge in [-0.05, 0) is 0 Å². The monoisotopic (exact) mass is 320 g/mol. The van der Waals surface area contributed by atoms with Gasteiger partial charge >= 0.3 is 0 Å². The van der Waals surface area contributed by atoms with Gasteiger partial charge in [0.05, 0.1) is 48.7 Å². The maximum Gasteiger partial charge on any atom is 0.192 e. The molecule has 0 radical (unpaired) electrons. The number of carboxylic acids is 2. The average Bonchev–Trinajstić information content (AvgIpc) is 2.07. The van der Waals surface area contributed by atoms with E-state index in [-0.39, 0.29) is 18.7 Å². The number of hydrogen-bond acceptors (Lipinski definition) is 6. The first-order valence-corrected chi connectivity index (χ1v) is 6.83. The zero-order valence-electron chi connectivity index (χ0n) is 14.3. The third kappa shape index (κ3) is 20.8. The number of carbonyl (C=O) groups is 3. The number of aliphatic hydroxyl groups is 1. The van der Waals surface area contributed by atoms with Crippen LogP contribution in [0, 0.1) is 0 Å². The number of likely N-dealkylation sites (N-methyl/N-ethyl adjacent to an activating group) is 2. The fourth-order valence-corrected chi connectivity index (χ4v) is 1.64. The summed E-state index contributed by atoms with van der Waals surface area (Å²) in [7, 11) is 11.1. The third-order valence-corrected chi connectivity index (χ3v) is 2.15. The van der Waals surface area contributed by atoms with E-state index < -0.39 is 24.5 Å². The van der Waals surface area contributed by atoms with Gasteiger partial charge in [-0.1, -0.05) is 0 Å². The minimum atomic E-state index is -1.30. The van der Waals surface area contributed by atoms with Crippen LogP contribution in [0.15, 0.2) is 0 Å². The Morgan fingerprint density at radius 2 is 1.36 bits per heavy atom. The Hall–Kier alpha value is -1.51. The molecule has 0 rings (SSSR count). The molecule has 22 heavy (non-hydrogen) atoms. The number of hydrogen-bond donors (Lipinski definition) is 1. The molecule has 0 amide bonds. The Bertz CT molecular complexity index is 382. The Labute approximate surface area is 131 Å². The van der Waals surface area contributed by atoms with Gasteiger partial charge in [-0.2, -0.15) is 0 Å². The quantitative estimate of drug-likeness (QED) is 0.368. The third-order valence-electron chi connectivity index (χ3n) is 2.15. The molecule has 0 saturated carbocycles. The van der Waals surface area contributed by atoms with Crippen molar-refractivity contribution in [2.45, 2.75) is 18.9 Å². The average molecular weight is 320 g/mol. The molecule has 0 aliphatic heterocycles. The van der Waals surface area contributed by atoms with Crippen LogP contribution in [-0.4, -0.2) is 93.3 Å². The van der Waals surface area contributed by atoms with Crippen molar-refractivity contribution in [2.24, 2.45) is 0 Å². The number of carbonyl (C=O) groups excluding carboxylic acids is 3. The van der Waals surface area contributed by atoms with Crippen LogP contribution in [0.4, 0.5) is 0 Å². The number of quaternary nitrogens is 2. The molecule has 0 aliphatic carbocycles. The van der Waals surface area contributed by atoms with E-state index in [1.165, 1.54) is 0 Å². The van der Waals surface area contributed by atoms with E-state index in [1.807, 2.05) is 42.3 Å². The highest BCUT2D eigenvalue weighted by atomic mass is 16.4. The van der Waals surface area contributed by atoms with Crippen molar-refractivity contribution in [1.29, 1.82) is 0 Å². The van der Waals surface area contributed by atoms with Gasteiger partial charge in [-0.15, -0.1) is 0 Å². The summed E-state index contributed by atoms with van der Waals surface area (Å²) in [4.78, 5) is 30.8. The first-order valence-electron chi connectivity index (χ1n) is 6.83. The summed E-state index contributed by atoms with van der Waals surface area (Å²) in [6, 6.07) is 0. The molecule has 8 nitrogen and oxygen atoms in total. The van der Waals surface area contributed by atoms with Crippen LogP contribution < -0.4 is 10.2 Å². The summed E-state index contributed by atoms with van der Waals surface area (Å²) in [5.74, 6) is -2.80. The smallest absolute Gasteiger partial charge is 0.192 e. The highest BCUT2D eigenvalue weighted by Gasteiger charge is 2.15. The van der Waals surface area contributed by atoms with Crippen molar-refractivity contribution in [3.8, 4) is 0 Å². The van der Waals surface area contributed by atoms with Crippen LogP contribution in [0.1, 0.15) is 12.8 Å². The van der Waals surface area contributed by atoms with E-state index in [4.69, 9.17) is 5.11 Å². The molecular weight excluding hydrogens is 292 g/mol. The number of nitrogens with zero attached hydrogens (tertiary/aromatic N) is 2. The van der Waals surface area contributed by atoms with Crippen LogP contribution in [0.2, 0.25) is 0 Å². The molecule has 0 spiro atoms. The molecule has 0 aromatic rings. The molecule has 1 atom stereocenters. The first-order chi connectivity index (χ1) is 9.62. The summed E-state index contributed by atoms with van der Waals surface area (Å²) in [5.41, 5.74) is 0. The van der Waals surface area contributed by atoms with Gasteiger partial charge in [0.1, 0.15) is 19.2 Å². The number of Topliss-reactive ketones (excluding diaryl/α,β-unsaturated/α-hetero) is 1. The van der Waals surface area contributed by atoms with E-state index >= 15 is 0 Å². The maximum atomic E-state index is 10.8. The number of aliphatic carboxylic acids is 2. The van der Waals surface area contributed by atoms with Gasteiger partial charge in [0.15, 0.2) is 5.78 Å². The summed E-state index contributed by atoms with van der Waals surface area (Å²) in [6.45, 7) is 0.655. The van der Waals surface area contributed by atoms with Crippen molar-refractivity contribution in [1.82, 2.24) is 0 Å². The number of rotatable bonds is 8. The molecule has 0 aromatic heterocycles. The van der Waals surface area contributed by atoms with Gasteiger partial charge in [-0.25, -0.2) is 0 Å². The molecule has 0 aromatic carbocycles. The molecule has 1 N–H and O–H groups in total. The normalized spacial score (nSPS) is 12.9. The van der Waals surface area contributed by atoms with Crippen LogP contribution in [0.3, 0.4) is 0 Å². The summed E-state index contributed by atoms with van der Waals surface area (Å²) in [6.07, 6.45) is -1.56. The fourth-order valence-electron chi connectivity index (χ4n) is 1.64. The highest BCUT2D eigenvalue weighted by molar-refractivity contribution is 5.94. The van der Waals surface area contributed by atoms with Crippen molar-refractivity contribution in [2.75, 3.05) is 55.4 Å². The Kier molecular flexibility index (Phi) is 9.83. The lowest BCUT2D eigenvalue weighted by molar-refractivity contribution is -0.873. The predicted octanol–water partition coefficient (Wildman–Crippen LogP) is -3.40. The van der Waals surface area contributed by atoms with Crippen molar-refractivity contribution in [3.63, 3.8) is 0 Å². The molecule has 0 aliphatic rings. The summed E-state index contributed by atoms with van der Waals surface area (Å²) < 4.78 is 1.00. The molecule has 0 saturated heterocycles. The molecule has 8 heteroatoms. The van der Waals surface area contributed by atoms with Gasteiger partial charge < -0.3 is 33.9 Å². The molecule has 1 unspecified atom stereocenters. The SMILES string of the molecule is C[N+](C)(C)CC(=O)CC(=O)[O-].C[N+](C)(C)CC(O)CC(=O)[O-]. The number of carboxylic acid groups (broad SMARTS) is 2. The second kappa shape index (κ2) is 9.50. The highest BCUT2D eigenvalue weighted by Crippen LogP contribution is 1.97. The van der Waals surface area contributed by atoms with E-state index in [0.717, 1.165) is 0 Å². The molecule has 0 bridgehead atoms. The van der Waals surface area contributed by atoms with Gasteiger partial charge in [0.25, 0.3) is 0 Å². The second-order valence-electron chi connectivity index (χ2n) is 7.24. The summed E-state index contributed by atoms with van der Waals surface area (Å²) in [5, 5.41) is 29.1. The molecular formula is C14H28N2O6. The minimum Gasteiger partial charge on any atom is -0.550 e. The summed E-state index contributed by atoms with van der Waals surface area (Å²) >= 11 is 0. The topological polar surface area (TPSA) is 118 Å². The van der Waals surface area contributed by atoms with E-state index in [1.54, 1.807) is 0 Å². The van der Waals surface area contributed by atoms with Crippen molar-refractivity contribution < 1.29 is 38.7 Å². The second-order valence-corrected chi connectivity index (χ2v) is 7.24. The zero-order valence-corrected chi connectivity index (χ0v) is 14.3. The van der Waals surface area contributed by atoms with E-state index in [9.17, 15) is 24.6 Å². The van der Waals surface area contributed by atoms with Crippen LogP contribution in [-0.2, 0) is 14.4 Å². The lowest BCUT2D eigenvalue weighted by atomic mass is 10.2. The maximum absolute atomic E-state index is 10.8. The molecule has 130 valence electrons. The van der Waals surface area contributed by atoms with Gasteiger partial charge in [-0.3, -0.25) is 4.79 Å². The predicted molar refractivity (Wildman–Crippen MR) is 76.1 cm³/mol. The van der Waals surface area contributed by atoms with Gasteiger partial charge in [0.2, 0.25) is 0 Å². The Balaban J connectivity index is 0. The Morgan fingerprint density at radius 1 is 0.909 bits per heavy atom. The number of ketones is 1. The Morgan fingerprint density at radius 3 is 1.64 bits per heavy atom. The number of aliphatic hydroxyl groups excluding tert-OH is 1. The lowest BCUT2D eigenvalue weighted by Crippen LogP contribution is -2.43. The van der Waals surface area contributed by atoms with Crippen LogP contribution >= 0.6 is 0 Å². The van der Waals surface area contributed by atoms with Crippen molar-refractivity contribution in [3.05, 3.63) is 0 Å². The first kappa shape index (κ1) is 22.8. The van der Waals surface area contributed by atoms with Crippen LogP contribution in [0.25, 0.3) is 0 Å². The standard InChI is InChI=1S/C7H15NO3.C7H13NO3/c2*1-8(2,3)5-6(9)4-7(10)11/h6,9H,4-5H2,1-3H3;4-5H2,1-3H3. The lowest BCUT2D eigenvalue weighted by Gasteiger charge is -2.26.